The highest BCUT2D eigenvalue weighted by Crippen LogP contribution is 2.42. The van der Waals surface area contributed by atoms with E-state index in [4.69, 9.17) is 16.6 Å². The summed E-state index contributed by atoms with van der Waals surface area (Å²) in [5.74, 6) is -0.874. The minimum atomic E-state index is -0.873. The Hall–Kier alpha value is -3.98. The van der Waals surface area contributed by atoms with Crippen LogP contribution in [-0.2, 0) is 13.1 Å². The number of aromatic nitrogens is 4. The number of phenols is 1. The smallest absolute Gasteiger partial charge is 0.159 e. The predicted octanol–water partition coefficient (Wildman–Crippen LogP) is 4.44. The highest BCUT2D eigenvalue weighted by atomic mass is 35.5. The first kappa shape index (κ1) is 27.6. The lowest BCUT2D eigenvalue weighted by atomic mass is 10.0. The molecule has 2 aromatic carbocycles. The summed E-state index contributed by atoms with van der Waals surface area (Å²) in [7, 11) is 0. The first-order valence-electron chi connectivity index (χ1n) is 12.8. The van der Waals surface area contributed by atoms with Crippen LogP contribution in [0.3, 0.4) is 0 Å². The van der Waals surface area contributed by atoms with Crippen LogP contribution in [0.15, 0.2) is 42.7 Å². The molecule has 1 aliphatic rings. The van der Waals surface area contributed by atoms with Gasteiger partial charge >= 0.3 is 0 Å². The number of hydrogen-bond donors (Lipinski definition) is 2. The summed E-state index contributed by atoms with van der Waals surface area (Å²) in [6, 6.07) is 9.24. The van der Waals surface area contributed by atoms with Gasteiger partial charge in [-0.3, -0.25) is 4.90 Å². The van der Waals surface area contributed by atoms with Crippen molar-refractivity contribution in [2.75, 3.05) is 24.5 Å². The molecule has 40 heavy (non-hydrogen) atoms. The van der Waals surface area contributed by atoms with E-state index in [1.165, 1.54) is 18.2 Å². The third-order valence-corrected chi connectivity index (χ3v) is 7.13. The number of aromatic hydroxyl groups is 1. The summed E-state index contributed by atoms with van der Waals surface area (Å²) in [5.41, 5.74) is -0.688. The molecule has 2 aromatic heterocycles. The van der Waals surface area contributed by atoms with E-state index >= 15 is 4.39 Å². The van der Waals surface area contributed by atoms with Crippen LogP contribution < -0.4 is 10.2 Å². The maximum absolute atomic E-state index is 16.3. The number of piperazine rings is 1. The van der Waals surface area contributed by atoms with Crippen molar-refractivity contribution < 1.29 is 13.9 Å². The number of benzene rings is 2. The van der Waals surface area contributed by atoms with Gasteiger partial charge in [-0.25, -0.2) is 28.7 Å². The number of nitrogens with one attached hydrogen (secondary N) is 1. The predicted molar refractivity (Wildman–Crippen MR) is 148 cm³/mol. The van der Waals surface area contributed by atoms with Crippen molar-refractivity contribution in [1.82, 2.24) is 30.2 Å². The molecule has 12 heteroatoms. The SMILES string of the molecule is C[C@@H]1CN(c2nc(CN(CC#N)Cc3ncccn3)nc3c(F)c(-c4c(O)cccc4F)c(Cl)cc23)[C@@H](C)CN1. The van der Waals surface area contributed by atoms with Gasteiger partial charge in [0, 0.05) is 48.5 Å². The first-order chi connectivity index (χ1) is 19.3. The molecule has 1 aliphatic heterocycles. The highest BCUT2D eigenvalue weighted by molar-refractivity contribution is 6.34. The Labute approximate surface area is 235 Å². The average molecular weight is 565 g/mol. The zero-order valence-electron chi connectivity index (χ0n) is 21.9. The zero-order chi connectivity index (χ0) is 28.4. The van der Waals surface area contributed by atoms with Crippen LogP contribution in [0, 0.1) is 23.0 Å². The maximum atomic E-state index is 16.3. The van der Waals surface area contributed by atoms with E-state index in [0.29, 0.717) is 30.1 Å². The quantitative estimate of drug-likeness (QED) is 0.314. The Kier molecular flexibility index (Phi) is 8.02. The lowest BCUT2D eigenvalue weighted by molar-refractivity contribution is 0.275. The number of anilines is 1. The third kappa shape index (κ3) is 5.51. The van der Waals surface area contributed by atoms with Crippen molar-refractivity contribution >= 4 is 28.3 Å². The maximum Gasteiger partial charge on any atom is 0.159 e. The lowest BCUT2D eigenvalue weighted by Gasteiger charge is -2.39. The Morgan fingerprint density at radius 2 is 1.88 bits per heavy atom. The summed E-state index contributed by atoms with van der Waals surface area (Å²) < 4.78 is 31.2. The molecule has 0 bridgehead atoms. The third-order valence-electron chi connectivity index (χ3n) is 6.83. The fourth-order valence-corrected chi connectivity index (χ4v) is 5.19. The van der Waals surface area contributed by atoms with E-state index in [1.807, 2.05) is 13.8 Å². The Bertz CT molecular complexity index is 1560. The molecule has 0 aliphatic carbocycles. The van der Waals surface area contributed by atoms with Crippen molar-refractivity contribution in [2.24, 2.45) is 0 Å². The van der Waals surface area contributed by atoms with Crippen molar-refractivity contribution in [2.45, 2.75) is 39.0 Å². The van der Waals surface area contributed by atoms with E-state index in [1.54, 1.807) is 23.4 Å². The number of rotatable bonds is 7. The summed E-state index contributed by atoms with van der Waals surface area (Å²) in [6.07, 6.45) is 3.23. The zero-order valence-corrected chi connectivity index (χ0v) is 22.7. The van der Waals surface area contributed by atoms with Gasteiger partial charge in [-0.1, -0.05) is 17.7 Å². The minimum Gasteiger partial charge on any atom is -0.507 e. The largest absolute Gasteiger partial charge is 0.507 e. The number of nitrogens with zero attached hydrogens (tertiary/aromatic N) is 7. The normalized spacial score (nSPS) is 17.4. The van der Waals surface area contributed by atoms with E-state index in [2.05, 4.69) is 31.2 Å². The van der Waals surface area contributed by atoms with E-state index in [9.17, 15) is 14.8 Å². The number of nitriles is 1. The average Bonchev–Trinajstić information content (AvgIpc) is 2.92. The number of fused-ring (bicyclic) bond motifs is 1. The molecule has 3 heterocycles. The molecule has 206 valence electrons. The van der Waals surface area contributed by atoms with Gasteiger partial charge in [0.1, 0.15) is 34.6 Å². The fourth-order valence-electron chi connectivity index (χ4n) is 4.90. The molecular formula is C28H27ClF2N8O. The molecule has 0 radical (unpaired) electrons. The highest BCUT2D eigenvalue weighted by Gasteiger charge is 2.29. The molecule has 0 saturated carbocycles. The Morgan fingerprint density at radius 1 is 1.12 bits per heavy atom. The van der Waals surface area contributed by atoms with Gasteiger partial charge in [0.2, 0.25) is 0 Å². The molecule has 9 nitrogen and oxygen atoms in total. The second-order valence-corrected chi connectivity index (χ2v) is 10.2. The molecule has 0 spiro atoms. The molecule has 2 atom stereocenters. The van der Waals surface area contributed by atoms with Crippen molar-refractivity contribution in [3.05, 3.63) is 71.0 Å². The van der Waals surface area contributed by atoms with Crippen LogP contribution in [0.1, 0.15) is 25.5 Å². The molecule has 1 fully saturated rings. The molecule has 5 rings (SSSR count). The number of hydrogen-bond acceptors (Lipinski definition) is 9. The van der Waals surface area contributed by atoms with Crippen LogP contribution in [0.4, 0.5) is 14.6 Å². The Balaban J connectivity index is 1.68. The molecule has 2 N–H and O–H groups in total. The van der Waals surface area contributed by atoms with Crippen LogP contribution in [0.5, 0.6) is 5.75 Å². The van der Waals surface area contributed by atoms with Gasteiger partial charge in [-0.15, -0.1) is 0 Å². The van der Waals surface area contributed by atoms with Gasteiger partial charge in [-0.2, -0.15) is 5.26 Å². The van der Waals surface area contributed by atoms with Crippen molar-refractivity contribution in [1.29, 1.82) is 5.26 Å². The van der Waals surface area contributed by atoms with E-state index in [0.717, 1.165) is 6.07 Å². The second kappa shape index (κ2) is 11.6. The number of phenolic OH excluding ortho intramolecular Hbond substituents is 1. The standard InChI is InChI=1S/C28H27ClF2N8O/c1-16-13-39(17(2)12-35-16)28-18-11-19(29)24(25-20(30)5-3-6-21(25)40)26(31)27(18)36-23(37-28)15-38(10-7-32)14-22-33-8-4-9-34-22/h3-6,8-9,11,16-17,35,40H,10,12-15H2,1-2H3/t16-,17+/m1/s1. The van der Waals surface area contributed by atoms with Crippen LogP contribution in [0.25, 0.3) is 22.0 Å². The topological polar surface area (TPSA) is 114 Å². The van der Waals surface area contributed by atoms with Gasteiger partial charge in [0.25, 0.3) is 0 Å². The van der Waals surface area contributed by atoms with Crippen molar-refractivity contribution in [3.8, 4) is 22.9 Å². The van der Waals surface area contributed by atoms with Crippen LogP contribution in [0.2, 0.25) is 5.02 Å². The summed E-state index contributed by atoms with van der Waals surface area (Å²) in [6.45, 7) is 5.76. The summed E-state index contributed by atoms with van der Waals surface area (Å²) in [4.78, 5) is 21.7. The van der Waals surface area contributed by atoms with E-state index in [-0.39, 0.29) is 59.2 Å². The molecule has 1 saturated heterocycles. The molecule has 4 aromatic rings. The van der Waals surface area contributed by atoms with Crippen molar-refractivity contribution in [3.63, 3.8) is 0 Å². The lowest BCUT2D eigenvalue weighted by Crippen LogP contribution is -2.54. The molecule has 0 amide bonds. The molecule has 0 unspecified atom stereocenters. The Morgan fingerprint density at radius 3 is 2.60 bits per heavy atom. The van der Waals surface area contributed by atoms with Gasteiger partial charge < -0.3 is 15.3 Å². The van der Waals surface area contributed by atoms with Gasteiger partial charge in [-0.05, 0) is 38.1 Å². The number of halogens is 3. The van der Waals surface area contributed by atoms with E-state index < -0.39 is 17.4 Å². The van der Waals surface area contributed by atoms with Crippen LogP contribution >= 0.6 is 11.6 Å². The second-order valence-electron chi connectivity index (χ2n) is 9.82. The van der Waals surface area contributed by atoms with Gasteiger partial charge in [0.05, 0.1) is 36.3 Å². The van der Waals surface area contributed by atoms with Gasteiger partial charge in [0.15, 0.2) is 5.82 Å². The van der Waals surface area contributed by atoms with Crippen LogP contribution in [-0.4, -0.2) is 61.7 Å². The fraction of sp³-hybridized carbons (Fsp3) is 0.321. The monoisotopic (exact) mass is 564 g/mol. The molecular weight excluding hydrogens is 538 g/mol. The summed E-state index contributed by atoms with van der Waals surface area (Å²) >= 11 is 6.56. The first-order valence-corrected chi connectivity index (χ1v) is 13.2. The minimum absolute atomic E-state index is 0.0206. The summed E-state index contributed by atoms with van der Waals surface area (Å²) in [5, 5.41) is 23.6.